The minimum atomic E-state index is 0.244. The van der Waals surface area contributed by atoms with Crippen molar-refractivity contribution in [3.63, 3.8) is 0 Å². The summed E-state index contributed by atoms with van der Waals surface area (Å²) in [6, 6.07) is 0. The number of hydrogen-bond acceptors (Lipinski definition) is 3. The van der Waals surface area contributed by atoms with Crippen molar-refractivity contribution < 1.29 is 0 Å². The Morgan fingerprint density at radius 3 is 2.11 bits per heavy atom. The molecule has 0 amide bonds. The van der Waals surface area contributed by atoms with Gasteiger partial charge in [0.15, 0.2) is 0 Å². The van der Waals surface area contributed by atoms with Crippen LogP contribution in [0, 0.1) is 5.92 Å². The van der Waals surface area contributed by atoms with Crippen LogP contribution in [0.4, 0.5) is 0 Å². The Hall–Kier alpha value is -0.120. The molecule has 0 aromatic heterocycles. The highest BCUT2D eigenvalue weighted by atomic mass is 15.3. The molecule has 0 aromatic carbocycles. The van der Waals surface area contributed by atoms with Gasteiger partial charge in [0.2, 0.25) is 0 Å². The fourth-order valence-corrected chi connectivity index (χ4v) is 2.50. The summed E-state index contributed by atoms with van der Waals surface area (Å²) in [4.78, 5) is 5.22. The smallest absolute Gasteiger partial charge is 0.0110 e. The molecule has 3 heteroatoms. The number of nitrogens with zero attached hydrogens (tertiary/aromatic N) is 2. The number of hydrogen-bond donors (Lipinski definition) is 1. The van der Waals surface area contributed by atoms with Crippen LogP contribution in [0.5, 0.6) is 0 Å². The van der Waals surface area contributed by atoms with Crippen molar-refractivity contribution in [1.82, 2.24) is 15.1 Å². The number of piperazine rings is 1. The molecule has 0 bridgehead atoms. The summed E-state index contributed by atoms with van der Waals surface area (Å²) in [6.45, 7) is 20.0. The van der Waals surface area contributed by atoms with E-state index in [4.69, 9.17) is 0 Å². The Kier molecular flexibility index (Phi) is 6.61. The summed E-state index contributed by atoms with van der Waals surface area (Å²) in [7, 11) is 0. The summed E-state index contributed by atoms with van der Waals surface area (Å²) in [5.74, 6) is 0.738. The Labute approximate surface area is 114 Å². The third kappa shape index (κ3) is 6.72. The molecule has 1 fully saturated rings. The van der Waals surface area contributed by atoms with Gasteiger partial charge in [0, 0.05) is 38.3 Å². The van der Waals surface area contributed by atoms with E-state index in [0.717, 1.165) is 12.5 Å². The van der Waals surface area contributed by atoms with Gasteiger partial charge in [-0.1, -0.05) is 13.8 Å². The molecule has 1 atom stereocenters. The zero-order valence-electron chi connectivity index (χ0n) is 13.1. The van der Waals surface area contributed by atoms with E-state index >= 15 is 0 Å². The van der Waals surface area contributed by atoms with Gasteiger partial charge in [0.1, 0.15) is 0 Å². The first kappa shape index (κ1) is 15.9. The third-order valence-corrected chi connectivity index (χ3v) is 3.56. The van der Waals surface area contributed by atoms with E-state index in [1.807, 2.05) is 0 Å². The van der Waals surface area contributed by atoms with Crippen LogP contribution in [-0.2, 0) is 0 Å². The molecular weight excluding hydrogens is 222 g/mol. The van der Waals surface area contributed by atoms with Crippen LogP contribution >= 0.6 is 0 Å². The molecule has 0 aromatic rings. The first-order chi connectivity index (χ1) is 8.40. The van der Waals surface area contributed by atoms with Gasteiger partial charge in [-0.05, 0) is 46.2 Å². The molecule has 18 heavy (non-hydrogen) atoms. The molecule has 0 aliphatic carbocycles. The minimum absolute atomic E-state index is 0.244. The molecule has 1 N–H and O–H groups in total. The molecule has 3 nitrogen and oxygen atoms in total. The maximum atomic E-state index is 3.60. The molecule has 1 aliphatic rings. The maximum absolute atomic E-state index is 3.60. The van der Waals surface area contributed by atoms with Gasteiger partial charge >= 0.3 is 0 Å². The van der Waals surface area contributed by atoms with Crippen molar-refractivity contribution in [3.8, 4) is 0 Å². The van der Waals surface area contributed by atoms with Gasteiger partial charge in [0.25, 0.3) is 0 Å². The fourth-order valence-electron chi connectivity index (χ4n) is 2.50. The fraction of sp³-hybridized carbons (Fsp3) is 1.00. The highest BCUT2D eigenvalue weighted by Crippen LogP contribution is 2.07. The van der Waals surface area contributed by atoms with Crippen molar-refractivity contribution >= 4 is 0 Å². The molecule has 1 unspecified atom stereocenters. The zero-order valence-corrected chi connectivity index (χ0v) is 13.1. The van der Waals surface area contributed by atoms with Crippen molar-refractivity contribution in [2.45, 2.75) is 46.6 Å². The van der Waals surface area contributed by atoms with Gasteiger partial charge in [-0.2, -0.15) is 0 Å². The van der Waals surface area contributed by atoms with E-state index in [9.17, 15) is 0 Å². The second-order valence-electron chi connectivity index (χ2n) is 6.88. The zero-order chi connectivity index (χ0) is 13.6. The van der Waals surface area contributed by atoms with Crippen molar-refractivity contribution in [1.29, 1.82) is 0 Å². The average molecular weight is 255 g/mol. The number of rotatable bonds is 6. The second-order valence-corrected chi connectivity index (χ2v) is 6.88. The highest BCUT2D eigenvalue weighted by molar-refractivity contribution is 4.76. The van der Waals surface area contributed by atoms with Crippen molar-refractivity contribution in [2.75, 3.05) is 45.8 Å². The first-order valence-corrected chi connectivity index (χ1v) is 7.60. The van der Waals surface area contributed by atoms with Crippen LogP contribution in [0.25, 0.3) is 0 Å². The SMILES string of the molecule is CCCN1CCN(CC(C)CNC(C)(C)C)CC1. The lowest BCUT2D eigenvalue weighted by Gasteiger charge is -2.36. The Bertz CT molecular complexity index is 214. The van der Waals surface area contributed by atoms with Gasteiger partial charge in [-0.25, -0.2) is 0 Å². The molecule has 0 spiro atoms. The third-order valence-electron chi connectivity index (χ3n) is 3.56. The normalized spacial score (nSPS) is 21.2. The maximum Gasteiger partial charge on any atom is 0.0110 e. The Morgan fingerprint density at radius 1 is 1.06 bits per heavy atom. The van der Waals surface area contributed by atoms with Crippen molar-refractivity contribution in [2.24, 2.45) is 5.92 Å². The summed E-state index contributed by atoms with van der Waals surface area (Å²) < 4.78 is 0. The molecule has 1 aliphatic heterocycles. The van der Waals surface area contributed by atoms with E-state index < -0.39 is 0 Å². The molecule has 108 valence electrons. The van der Waals surface area contributed by atoms with Crippen LogP contribution in [0.2, 0.25) is 0 Å². The predicted octanol–water partition coefficient (Wildman–Crippen LogP) is 2.04. The Morgan fingerprint density at radius 2 is 1.61 bits per heavy atom. The molecule has 0 saturated carbocycles. The van der Waals surface area contributed by atoms with Crippen LogP contribution in [-0.4, -0.2) is 61.2 Å². The number of nitrogens with one attached hydrogen (secondary N) is 1. The quantitative estimate of drug-likeness (QED) is 0.783. The van der Waals surface area contributed by atoms with Crippen LogP contribution in [0.15, 0.2) is 0 Å². The van der Waals surface area contributed by atoms with E-state index in [1.54, 1.807) is 0 Å². The molecule has 1 saturated heterocycles. The molecule has 1 rings (SSSR count). The molecular formula is C15H33N3. The van der Waals surface area contributed by atoms with Gasteiger partial charge in [-0.15, -0.1) is 0 Å². The lowest BCUT2D eigenvalue weighted by Crippen LogP contribution is -2.49. The van der Waals surface area contributed by atoms with Gasteiger partial charge < -0.3 is 15.1 Å². The van der Waals surface area contributed by atoms with Crippen molar-refractivity contribution in [3.05, 3.63) is 0 Å². The summed E-state index contributed by atoms with van der Waals surface area (Å²) in [6.07, 6.45) is 1.28. The molecule has 1 heterocycles. The van der Waals surface area contributed by atoms with Gasteiger partial charge in [-0.3, -0.25) is 0 Å². The van der Waals surface area contributed by atoms with Crippen LogP contribution in [0.1, 0.15) is 41.0 Å². The lowest BCUT2D eigenvalue weighted by molar-refractivity contribution is 0.118. The second kappa shape index (κ2) is 7.46. The highest BCUT2D eigenvalue weighted by Gasteiger charge is 2.18. The lowest BCUT2D eigenvalue weighted by atomic mass is 10.1. The monoisotopic (exact) mass is 255 g/mol. The van der Waals surface area contributed by atoms with Crippen LogP contribution in [0.3, 0.4) is 0 Å². The summed E-state index contributed by atoms with van der Waals surface area (Å²) >= 11 is 0. The summed E-state index contributed by atoms with van der Waals surface area (Å²) in [5.41, 5.74) is 0.244. The van der Waals surface area contributed by atoms with E-state index in [2.05, 4.69) is 49.7 Å². The Balaban J connectivity index is 2.16. The average Bonchev–Trinajstić information content (AvgIpc) is 2.29. The van der Waals surface area contributed by atoms with Gasteiger partial charge in [0.05, 0.1) is 0 Å². The van der Waals surface area contributed by atoms with E-state index in [-0.39, 0.29) is 5.54 Å². The summed E-state index contributed by atoms with van der Waals surface area (Å²) in [5, 5.41) is 3.60. The standard InChI is InChI=1S/C15H33N3/c1-6-7-17-8-10-18(11-9-17)13-14(2)12-16-15(3,4)5/h14,16H,6-13H2,1-5H3. The van der Waals surface area contributed by atoms with Crippen LogP contribution < -0.4 is 5.32 Å². The largest absolute Gasteiger partial charge is 0.312 e. The molecule has 0 radical (unpaired) electrons. The van der Waals surface area contributed by atoms with E-state index in [0.29, 0.717) is 0 Å². The minimum Gasteiger partial charge on any atom is -0.312 e. The topological polar surface area (TPSA) is 18.5 Å². The first-order valence-electron chi connectivity index (χ1n) is 7.60. The predicted molar refractivity (Wildman–Crippen MR) is 80.1 cm³/mol. The van der Waals surface area contributed by atoms with E-state index in [1.165, 1.54) is 45.7 Å².